The monoisotopic (exact) mass is 227 g/mol. The molecule has 2 rings (SSSR count). The molecule has 1 saturated heterocycles. The normalized spacial score (nSPS) is 19.4. The van der Waals surface area contributed by atoms with Gasteiger partial charge in [0.2, 0.25) is 0 Å². The third kappa shape index (κ3) is 2.32. The van der Waals surface area contributed by atoms with Crippen LogP contribution in [-0.4, -0.2) is 18.7 Å². The first-order chi connectivity index (χ1) is 7.61. The maximum Gasteiger partial charge on any atom is 0.191 e. The fourth-order valence-electron chi connectivity index (χ4n) is 1.88. The van der Waals surface area contributed by atoms with E-state index >= 15 is 0 Å². The molecule has 1 heterocycles. The highest BCUT2D eigenvalue weighted by Crippen LogP contribution is 2.29. The number of halogens is 2. The van der Waals surface area contributed by atoms with Gasteiger partial charge in [0.15, 0.2) is 17.4 Å². The van der Waals surface area contributed by atoms with Gasteiger partial charge in [0.1, 0.15) is 5.60 Å². The second-order valence-corrected chi connectivity index (χ2v) is 4.35. The lowest BCUT2D eigenvalue weighted by Gasteiger charge is -2.34. The van der Waals surface area contributed by atoms with Crippen LogP contribution >= 0.6 is 0 Å². The molecule has 1 fully saturated rings. The molecule has 88 valence electrons. The lowest BCUT2D eigenvalue weighted by molar-refractivity contribution is 0.0471. The van der Waals surface area contributed by atoms with Crippen LogP contribution in [0.3, 0.4) is 0 Å². The van der Waals surface area contributed by atoms with Gasteiger partial charge in [-0.05, 0) is 45.0 Å². The van der Waals surface area contributed by atoms with E-state index in [-0.39, 0.29) is 5.75 Å². The number of piperidine rings is 1. The van der Waals surface area contributed by atoms with Crippen molar-refractivity contribution in [3.8, 4) is 5.75 Å². The number of rotatable bonds is 2. The van der Waals surface area contributed by atoms with E-state index in [9.17, 15) is 8.78 Å². The van der Waals surface area contributed by atoms with Gasteiger partial charge in [0, 0.05) is 0 Å². The highest BCUT2D eigenvalue weighted by atomic mass is 19.1. The smallest absolute Gasteiger partial charge is 0.191 e. The Morgan fingerprint density at radius 2 is 1.75 bits per heavy atom. The summed E-state index contributed by atoms with van der Waals surface area (Å²) >= 11 is 0. The van der Waals surface area contributed by atoms with Crippen molar-refractivity contribution < 1.29 is 13.5 Å². The molecule has 0 unspecified atom stereocenters. The first-order valence-electron chi connectivity index (χ1n) is 5.44. The minimum absolute atomic E-state index is 0.257. The molecular formula is C12H15F2NO. The van der Waals surface area contributed by atoms with E-state index < -0.39 is 17.2 Å². The largest absolute Gasteiger partial charge is 0.481 e. The van der Waals surface area contributed by atoms with Crippen LogP contribution in [0.4, 0.5) is 8.78 Å². The van der Waals surface area contributed by atoms with E-state index in [4.69, 9.17) is 4.74 Å². The molecule has 0 spiro atoms. The van der Waals surface area contributed by atoms with E-state index in [0.717, 1.165) is 25.9 Å². The van der Waals surface area contributed by atoms with Gasteiger partial charge in [0.05, 0.1) is 0 Å². The molecule has 1 N–H and O–H groups in total. The summed E-state index contributed by atoms with van der Waals surface area (Å²) in [4.78, 5) is 0. The number of hydrogen-bond acceptors (Lipinski definition) is 2. The average Bonchev–Trinajstić information content (AvgIpc) is 2.25. The molecule has 1 aromatic carbocycles. The molecule has 0 aromatic heterocycles. The van der Waals surface area contributed by atoms with Crippen LogP contribution in [0.5, 0.6) is 5.75 Å². The van der Waals surface area contributed by atoms with Crippen molar-refractivity contribution in [3.05, 3.63) is 29.8 Å². The minimum atomic E-state index is -0.639. The Hall–Kier alpha value is -1.16. The summed E-state index contributed by atoms with van der Waals surface area (Å²) in [5, 5.41) is 3.19. The topological polar surface area (TPSA) is 21.3 Å². The van der Waals surface area contributed by atoms with Crippen LogP contribution in [-0.2, 0) is 0 Å². The molecule has 2 nitrogen and oxygen atoms in total. The van der Waals surface area contributed by atoms with E-state index in [1.807, 2.05) is 6.92 Å². The van der Waals surface area contributed by atoms with Crippen LogP contribution in [0.25, 0.3) is 0 Å². The Kier molecular flexibility index (Phi) is 3.10. The molecule has 0 amide bonds. The van der Waals surface area contributed by atoms with Crippen molar-refractivity contribution in [2.24, 2.45) is 0 Å². The number of para-hydroxylation sites is 1. The predicted octanol–water partition coefficient (Wildman–Crippen LogP) is 2.49. The molecule has 1 aliphatic rings. The van der Waals surface area contributed by atoms with E-state index in [1.165, 1.54) is 18.2 Å². The summed E-state index contributed by atoms with van der Waals surface area (Å²) in [6.07, 6.45) is 1.50. The van der Waals surface area contributed by atoms with E-state index in [1.54, 1.807) is 0 Å². The van der Waals surface area contributed by atoms with Gasteiger partial charge in [-0.1, -0.05) is 6.07 Å². The zero-order valence-corrected chi connectivity index (χ0v) is 9.22. The van der Waals surface area contributed by atoms with E-state index in [2.05, 4.69) is 5.32 Å². The minimum Gasteiger partial charge on any atom is -0.481 e. The fraction of sp³-hybridized carbons (Fsp3) is 0.500. The molecule has 0 bridgehead atoms. The van der Waals surface area contributed by atoms with Crippen molar-refractivity contribution in [2.45, 2.75) is 25.4 Å². The lowest BCUT2D eigenvalue weighted by atomic mass is 9.94. The molecule has 4 heteroatoms. The second kappa shape index (κ2) is 4.37. The Balaban J connectivity index is 2.19. The maximum atomic E-state index is 13.4. The van der Waals surface area contributed by atoms with Crippen LogP contribution in [0.1, 0.15) is 19.8 Å². The first-order valence-corrected chi connectivity index (χ1v) is 5.44. The van der Waals surface area contributed by atoms with Crippen LogP contribution in [0, 0.1) is 11.6 Å². The van der Waals surface area contributed by atoms with E-state index in [0.29, 0.717) is 0 Å². The zero-order chi connectivity index (χ0) is 11.6. The Bertz CT molecular complexity index is 355. The summed E-state index contributed by atoms with van der Waals surface area (Å²) in [6, 6.07) is 3.76. The Morgan fingerprint density at radius 1 is 1.19 bits per heavy atom. The SMILES string of the molecule is CC1(Oc2c(F)cccc2F)CCNCC1. The number of nitrogens with one attached hydrogen (secondary N) is 1. The van der Waals surface area contributed by atoms with Crippen molar-refractivity contribution in [2.75, 3.05) is 13.1 Å². The van der Waals surface area contributed by atoms with Crippen molar-refractivity contribution >= 4 is 0 Å². The Labute approximate surface area is 93.6 Å². The maximum absolute atomic E-state index is 13.4. The third-order valence-corrected chi connectivity index (χ3v) is 2.93. The zero-order valence-electron chi connectivity index (χ0n) is 9.22. The summed E-state index contributed by atoms with van der Waals surface area (Å²) in [7, 11) is 0. The summed E-state index contributed by atoms with van der Waals surface area (Å²) in [5.74, 6) is -1.54. The van der Waals surface area contributed by atoms with Crippen LogP contribution < -0.4 is 10.1 Å². The highest BCUT2D eigenvalue weighted by molar-refractivity contribution is 5.26. The van der Waals surface area contributed by atoms with Crippen molar-refractivity contribution in [1.29, 1.82) is 0 Å². The molecule has 1 aliphatic heterocycles. The number of ether oxygens (including phenoxy) is 1. The predicted molar refractivity (Wildman–Crippen MR) is 57.5 cm³/mol. The van der Waals surface area contributed by atoms with Gasteiger partial charge >= 0.3 is 0 Å². The van der Waals surface area contributed by atoms with Crippen molar-refractivity contribution in [3.63, 3.8) is 0 Å². The second-order valence-electron chi connectivity index (χ2n) is 4.35. The van der Waals surface area contributed by atoms with Gasteiger partial charge in [-0.25, -0.2) is 8.78 Å². The molecule has 0 saturated carbocycles. The molecule has 0 aliphatic carbocycles. The Morgan fingerprint density at radius 3 is 2.31 bits per heavy atom. The standard InChI is InChI=1S/C12H15F2NO/c1-12(5-7-15-8-6-12)16-11-9(13)3-2-4-10(11)14/h2-4,15H,5-8H2,1H3. The average molecular weight is 227 g/mol. The van der Waals surface area contributed by atoms with Gasteiger partial charge < -0.3 is 10.1 Å². The summed E-state index contributed by atoms with van der Waals surface area (Å²) in [5.41, 5.74) is -0.478. The summed E-state index contributed by atoms with van der Waals surface area (Å²) in [6.45, 7) is 3.51. The molecular weight excluding hydrogens is 212 g/mol. The van der Waals surface area contributed by atoms with Crippen LogP contribution in [0.2, 0.25) is 0 Å². The molecule has 0 radical (unpaired) electrons. The highest BCUT2D eigenvalue weighted by Gasteiger charge is 2.30. The van der Waals surface area contributed by atoms with Crippen molar-refractivity contribution in [1.82, 2.24) is 5.32 Å². The quantitative estimate of drug-likeness (QED) is 0.838. The van der Waals surface area contributed by atoms with Crippen LogP contribution in [0.15, 0.2) is 18.2 Å². The third-order valence-electron chi connectivity index (χ3n) is 2.93. The first kappa shape index (κ1) is 11.3. The van der Waals surface area contributed by atoms with Gasteiger partial charge in [-0.2, -0.15) is 0 Å². The molecule has 1 aromatic rings. The van der Waals surface area contributed by atoms with Gasteiger partial charge in [0.25, 0.3) is 0 Å². The van der Waals surface area contributed by atoms with Gasteiger partial charge in [-0.15, -0.1) is 0 Å². The lowest BCUT2D eigenvalue weighted by Crippen LogP contribution is -2.44. The molecule has 16 heavy (non-hydrogen) atoms. The summed E-state index contributed by atoms with van der Waals surface area (Å²) < 4.78 is 32.3. The number of hydrogen-bond donors (Lipinski definition) is 1. The fourth-order valence-corrected chi connectivity index (χ4v) is 1.88. The van der Waals surface area contributed by atoms with Gasteiger partial charge in [-0.3, -0.25) is 0 Å². The number of benzene rings is 1. The molecule has 0 atom stereocenters.